The molecular formula is C12H17FOS. The fourth-order valence-electron chi connectivity index (χ4n) is 1.34. The Kier molecular flexibility index (Phi) is 5.73. The molecule has 1 N–H and O–H groups in total. The van der Waals surface area contributed by atoms with Crippen molar-refractivity contribution in [2.24, 2.45) is 0 Å². The fourth-order valence-corrected chi connectivity index (χ4v) is 2.19. The molecule has 0 saturated carbocycles. The third-order valence-electron chi connectivity index (χ3n) is 2.07. The van der Waals surface area contributed by atoms with Gasteiger partial charge < -0.3 is 5.11 Å². The molecule has 0 aliphatic rings. The quantitative estimate of drug-likeness (QED) is 0.755. The second-order valence-electron chi connectivity index (χ2n) is 3.52. The smallest absolute Gasteiger partial charge is 0.126 e. The summed E-state index contributed by atoms with van der Waals surface area (Å²) in [4.78, 5) is 0. The molecular weight excluding hydrogens is 211 g/mol. The zero-order valence-corrected chi connectivity index (χ0v) is 9.77. The van der Waals surface area contributed by atoms with Gasteiger partial charge in [0.15, 0.2) is 0 Å². The zero-order chi connectivity index (χ0) is 11.1. The third-order valence-corrected chi connectivity index (χ3v) is 3.39. The molecule has 0 spiro atoms. The molecule has 0 bridgehead atoms. The first-order chi connectivity index (χ1) is 7.24. The Bertz CT molecular complexity index is 291. The van der Waals surface area contributed by atoms with E-state index in [-0.39, 0.29) is 5.82 Å². The van der Waals surface area contributed by atoms with Crippen LogP contribution in [-0.2, 0) is 6.42 Å². The maximum atomic E-state index is 13.2. The van der Waals surface area contributed by atoms with Gasteiger partial charge in [-0.1, -0.05) is 25.1 Å². The van der Waals surface area contributed by atoms with Gasteiger partial charge in [0, 0.05) is 12.2 Å². The van der Waals surface area contributed by atoms with Gasteiger partial charge in [0.2, 0.25) is 0 Å². The third kappa shape index (κ3) is 4.67. The lowest BCUT2D eigenvalue weighted by Gasteiger charge is -2.10. The first-order valence-corrected chi connectivity index (χ1v) is 6.38. The predicted octanol–water partition coefficient (Wildman–Crippen LogP) is 2.87. The van der Waals surface area contributed by atoms with Gasteiger partial charge in [-0.2, -0.15) is 11.8 Å². The molecule has 1 nitrogen and oxygen atoms in total. The van der Waals surface area contributed by atoms with Crippen LogP contribution >= 0.6 is 11.8 Å². The topological polar surface area (TPSA) is 20.2 Å². The van der Waals surface area contributed by atoms with Crippen LogP contribution in [0.2, 0.25) is 0 Å². The van der Waals surface area contributed by atoms with Crippen molar-refractivity contribution in [3.8, 4) is 0 Å². The van der Waals surface area contributed by atoms with Crippen LogP contribution in [0.3, 0.4) is 0 Å². The highest BCUT2D eigenvalue weighted by Gasteiger charge is 2.08. The van der Waals surface area contributed by atoms with Gasteiger partial charge in [0.25, 0.3) is 0 Å². The Morgan fingerprint density at radius 1 is 1.40 bits per heavy atom. The molecule has 1 rings (SSSR count). The maximum absolute atomic E-state index is 13.2. The summed E-state index contributed by atoms with van der Waals surface area (Å²) in [5.74, 6) is 1.51. The molecule has 3 heteroatoms. The summed E-state index contributed by atoms with van der Waals surface area (Å²) in [6, 6.07) is 6.62. The Labute approximate surface area is 94.7 Å². The number of aliphatic hydroxyl groups excluding tert-OH is 1. The van der Waals surface area contributed by atoms with Crippen molar-refractivity contribution in [3.63, 3.8) is 0 Å². The van der Waals surface area contributed by atoms with Crippen LogP contribution < -0.4 is 0 Å². The number of hydrogen-bond donors (Lipinski definition) is 1. The highest BCUT2D eigenvalue weighted by Crippen LogP contribution is 2.12. The minimum Gasteiger partial charge on any atom is -0.392 e. The molecule has 0 fully saturated rings. The molecule has 15 heavy (non-hydrogen) atoms. The van der Waals surface area contributed by atoms with Crippen LogP contribution in [-0.4, -0.2) is 22.7 Å². The van der Waals surface area contributed by atoms with Gasteiger partial charge in [0.05, 0.1) is 6.10 Å². The summed E-state index contributed by atoms with van der Waals surface area (Å²) in [5.41, 5.74) is 0.599. The van der Waals surface area contributed by atoms with Crippen LogP contribution in [0.1, 0.15) is 18.9 Å². The van der Waals surface area contributed by atoms with Gasteiger partial charge in [0.1, 0.15) is 5.82 Å². The largest absolute Gasteiger partial charge is 0.392 e. The lowest BCUT2D eigenvalue weighted by Crippen LogP contribution is -2.14. The van der Waals surface area contributed by atoms with Gasteiger partial charge in [-0.3, -0.25) is 0 Å². The average Bonchev–Trinajstić information content (AvgIpc) is 2.22. The Morgan fingerprint density at radius 3 is 2.80 bits per heavy atom. The molecule has 0 aromatic heterocycles. The molecule has 0 amide bonds. The second-order valence-corrected chi connectivity index (χ2v) is 4.67. The first kappa shape index (κ1) is 12.5. The van der Waals surface area contributed by atoms with E-state index < -0.39 is 6.10 Å². The highest BCUT2D eigenvalue weighted by molar-refractivity contribution is 7.99. The average molecular weight is 228 g/mol. The van der Waals surface area contributed by atoms with Crippen molar-refractivity contribution in [1.29, 1.82) is 0 Å². The molecule has 0 aliphatic heterocycles. The van der Waals surface area contributed by atoms with E-state index in [2.05, 4.69) is 6.92 Å². The Hall–Kier alpha value is -0.540. The van der Waals surface area contributed by atoms with E-state index in [9.17, 15) is 9.50 Å². The number of halogens is 1. The molecule has 0 radical (unpaired) electrons. The molecule has 1 unspecified atom stereocenters. The van der Waals surface area contributed by atoms with E-state index in [1.165, 1.54) is 6.07 Å². The SMILES string of the molecule is CCCSCC(O)Cc1ccccc1F. The van der Waals surface area contributed by atoms with E-state index in [1.54, 1.807) is 30.0 Å². The van der Waals surface area contributed by atoms with Crippen molar-refractivity contribution >= 4 is 11.8 Å². The normalized spacial score (nSPS) is 12.7. The van der Waals surface area contributed by atoms with Crippen LogP contribution in [0.25, 0.3) is 0 Å². The van der Waals surface area contributed by atoms with Crippen LogP contribution in [0.5, 0.6) is 0 Å². The Morgan fingerprint density at radius 2 is 2.13 bits per heavy atom. The molecule has 84 valence electrons. The number of thioether (sulfide) groups is 1. The summed E-state index contributed by atoms with van der Waals surface area (Å²) in [6.45, 7) is 2.11. The number of aliphatic hydroxyl groups is 1. The molecule has 1 aromatic carbocycles. The molecule has 0 saturated heterocycles. The van der Waals surface area contributed by atoms with E-state index in [1.807, 2.05) is 0 Å². The summed E-state index contributed by atoms with van der Waals surface area (Å²) >= 11 is 1.71. The number of benzene rings is 1. The van der Waals surface area contributed by atoms with Gasteiger partial charge >= 0.3 is 0 Å². The lowest BCUT2D eigenvalue weighted by atomic mass is 10.1. The maximum Gasteiger partial charge on any atom is 0.126 e. The van der Waals surface area contributed by atoms with E-state index in [4.69, 9.17) is 0 Å². The monoisotopic (exact) mass is 228 g/mol. The standard InChI is InChI=1S/C12H17FOS/c1-2-7-15-9-11(14)8-10-5-3-4-6-12(10)13/h3-6,11,14H,2,7-9H2,1H3. The highest BCUT2D eigenvalue weighted by atomic mass is 32.2. The summed E-state index contributed by atoms with van der Waals surface area (Å²) in [5, 5.41) is 9.67. The second kappa shape index (κ2) is 6.85. The van der Waals surface area contributed by atoms with E-state index in [0.29, 0.717) is 17.7 Å². The minimum atomic E-state index is -0.446. The van der Waals surface area contributed by atoms with Crippen molar-refractivity contribution in [3.05, 3.63) is 35.6 Å². The van der Waals surface area contributed by atoms with Gasteiger partial charge in [-0.15, -0.1) is 0 Å². The zero-order valence-electron chi connectivity index (χ0n) is 8.95. The molecule has 0 heterocycles. The lowest BCUT2D eigenvalue weighted by molar-refractivity contribution is 0.198. The van der Waals surface area contributed by atoms with Gasteiger partial charge in [-0.05, 0) is 23.8 Å². The van der Waals surface area contributed by atoms with Crippen LogP contribution in [0.4, 0.5) is 4.39 Å². The number of rotatable bonds is 6. The van der Waals surface area contributed by atoms with Crippen LogP contribution in [0, 0.1) is 5.82 Å². The van der Waals surface area contributed by atoms with E-state index >= 15 is 0 Å². The van der Waals surface area contributed by atoms with Crippen molar-refractivity contribution in [2.75, 3.05) is 11.5 Å². The molecule has 1 atom stereocenters. The summed E-state index contributed by atoms with van der Waals surface area (Å²) in [7, 11) is 0. The van der Waals surface area contributed by atoms with Gasteiger partial charge in [-0.25, -0.2) is 4.39 Å². The number of hydrogen-bond acceptors (Lipinski definition) is 2. The predicted molar refractivity (Wildman–Crippen MR) is 63.7 cm³/mol. The molecule has 1 aromatic rings. The Balaban J connectivity index is 2.37. The minimum absolute atomic E-state index is 0.225. The van der Waals surface area contributed by atoms with Crippen molar-refractivity contribution in [2.45, 2.75) is 25.9 Å². The van der Waals surface area contributed by atoms with Crippen LogP contribution in [0.15, 0.2) is 24.3 Å². The van der Waals surface area contributed by atoms with E-state index in [0.717, 1.165) is 12.2 Å². The fraction of sp³-hybridized carbons (Fsp3) is 0.500. The van der Waals surface area contributed by atoms with Crippen molar-refractivity contribution in [1.82, 2.24) is 0 Å². The van der Waals surface area contributed by atoms with Crippen molar-refractivity contribution < 1.29 is 9.50 Å². The first-order valence-electron chi connectivity index (χ1n) is 5.23. The summed E-state index contributed by atoms with van der Waals surface area (Å²) < 4.78 is 13.2. The summed E-state index contributed by atoms with van der Waals surface area (Å²) in [6.07, 6.45) is 1.07. The molecule has 0 aliphatic carbocycles.